The van der Waals surface area contributed by atoms with Crippen LogP contribution in [0.1, 0.15) is 56.5 Å². The molecule has 1 aromatic heterocycles. The Morgan fingerprint density at radius 1 is 1.12 bits per heavy atom. The second kappa shape index (κ2) is 7.72. The number of fused-ring (bicyclic) bond motifs is 1. The van der Waals surface area contributed by atoms with E-state index in [2.05, 4.69) is 5.32 Å². The first-order valence-corrected chi connectivity index (χ1v) is 9.17. The molecule has 1 N–H and O–H groups in total. The Kier molecular flexibility index (Phi) is 5.41. The molecule has 0 spiro atoms. The van der Waals surface area contributed by atoms with Gasteiger partial charge in [0.05, 0.1) is 0 Å². The van der Waals surface area contributed by atoms with Gasteiger partial charge in [-0.1, -0.05) is 38.8 Å². The van der Waals surface area contributed by atoms with Crippen LogP contribution in [-0.2, 0) is 4.79 Å². The number of carbonyl (C=O) groups is 2. The third kappa shape index (κ3) is 4.03. The van der Waals surface area contributed by atoms with Gasteiger partial charge in [0.2, 0.25) is 11.7 Å². The molecule has 1 fully saturated rings. The largest absolute Gasteiger partial charge is 0.449 e. The van der Waals surface area contributed by atoms with Gasteiger partial charge in [0.1, 0.15) is 11.3 Å². The Bertz CT molecular complexity index is 755. The van der Waals surface area contributed by atoms with Crippen LogP contribution in [0.2, 0.25) is 0 Å². The molecule has 2 aromatic rings. The predicted octanol–water partition coefficient (Wildman–Crippen LogP) is 4.43. The van der Waals surface area contributed by atoms with Crippen molar-refractivity contribution in [1.82, 2.24) is 4.90 Å². The van der Waals surface area contributed by atoms with Crippen molar-refractivity contribution >= 4 is 28.5 Å². The minimum atomic E-state index is -0.127. The summed E-state index contributed by atoms with van der Waals surface area (Å²) in [5.41, 5.74) is 1.14. The highest BCUT2D eigenvalue weighted by molar-refractivity contribution is 6.10. The molecule has 25 heavy (non-hydrogen) atoms. The lowest BCUT2D eigenvalue weighted by Crippen LogP contribution is -2.32. The van der Waals surface area contributed by atoms with Gasteiger partial charge in [-0.25, -0.2) is 0 Å². The normalized spacial score (nSPS) is 15.4. The van der Waals surface area contributed by atoms with Gasteiger partial charge in [-0.2, -0.15) is 0 Å². The van der Waals surface area contributed by atoms with E-state index in [4.69, 9.17) is 4.42 Å². The highest BCUT2D eigenvalue weighted by atomic mass is 16.3. The van der Waals surface area contributed by atoms with Gasteiger partial charge in [0, 0.05) is 24.9 Å². The van der Waals surface area contributed by atoms with Gasteiger partial charge in [0.25, 0.3) is 5.91 Å². The van der Waals surface area contributed by atoms with Crippen LogP contribution in [0, 0.1) is 5.92 Å². The number of furan rings is 1. The lowest BCUT2D eigenvalue weighted by molar-refractivity contribution is -0.116. The highest BCUT2D eigenvalue weighted by Crippen LogP contribution is 2.32. The molecule has 0 unspecified atom stereocenters. The van der Waals surface area contributed by atoms with E-state index in [9.17, 15) is 9.59 Å². The third-order valence-electron chi connectivity index (χ3n) is 4.54. The van der Waals surface area contributed by atoms with Gasteiger partial charge in [-0.05, 0) is 30.9 Å². The topological polar surface area (TPSA) is 62.6 Å². The minimum Gasteiger partial charge on any atom is -0.449 e. The maximum Gasteiger partial charge on any atom is 0.291 e. The van der Waals surface area contributed by atoms with Crippen molar-refractivity contribution in [3.8, 4) is 0 Å². The maximum absolute atomic E-state index is 13.0. The molecule has 0 atom stereocenters. The summed E-state index contributed by atoms with van der Waals surface area (Å²) in [5, 5.41) is 3.70. The molecule has 0 aliphatic carbocycles. The molecule has 0 saturated carbocycles. The number of nitrogens with zero attached hydrogens (tertiary/aromatic N) is 1. The number of likely N-dealkylation sites (tertiary alicyclic amines) is 1. The second-order valence-corrected chi connectivity index (χ2v) is 7.15. The fourth-order valence-corrected chi connectivity index (χ4v) is 3.30. The summed E-state index contributed by atoms with van der Waals surface area (Å²) in [6.45, 7) is 5.48. The van der Waals surface area contributed by atoms with E-state index < -0.39 is 0 Å². The molecule has 2 heterocycles. The summed E-state index contributed by atoms with van der Waals surface area (Å²) in [7, 11) is 0. The Morgan fingerprint density at radius 2 is 1.80 bits per heavy atom. The summed E-state index contributed by atoms with van der Waals surface area (Å²) in [5.74, 6) is 0.285. The summed E-state index contributed by atoms with van der Waals surface area (Å²) < 4.78 is 5.85. The van der Waals surface area contributed by atoms with E-state index in [-0.39, 0.29) is 23.5 Å². The van der Waals surface area contributed by atoms with Gasteiger partial charge < -0.3 is 14.6 Å². The molecule has 5 nitrogen and oxygen atoms in total. The lowest BCUT2D eigenvalue weighted by atomic mass is 10.1. The number of carbonyl (C=O) groups excluding carboxylic acids is 2. The number of hydrogen-bond donors (Lipinski definition) is 1. The zero-order valence-electron chi connectivity index (χ0n) is 15.0. The van der Waals surface area contributed by atoms with Crippen molar-refractivity contribution in [3.63, 3.8) is 0 Å². The lowest BCUT2D eigenvalue weighted by Gasteiger charge is -2.19. The van der Waals surface area contributed by atoms with Crippen LogP contribution >= 0.6 is 0 Å². The number of amides is 2. The molecular weight excluding hydrogens is 316 g/mol. The first-order valence-electron chi connectivity index (χ1n) is 9.17. The summed E-state index contributed by atoms with van der Waals surface area (Å²) >= 11 is 0. The predicted molar refractivity (Wildman–Crippen MR) is 98.7 cm³/mol. The fourth-order valence-electron chi connectivity index (χ4n) is 3.30. The highest BCUT2D eigenvalue weighted by Gasteiger charge is 2.26. The third-order valence-corrected chi connectivity index (χ3v) is 4.54. The number of benzene rings is 1. The number of nitrogens with one attached hydrogen (secondary N) is 1. The molecule has 0 radical (unpaired) electrons. The zero-order valence-corrected chi connectivity index (χ0v) is 15.0. The molecule has 1 saturated heterocycles. The molecule has 1 aliphatic heterocycles. The number of hydrogen-bond acceptors (Lipinski definition) is 3. The van der Waals surface area contributed by atoms with E-state index >= 15 is 0 Å². The maximum atomic E-state index is 13.0. The van der Waals surface area contributed by atoms with Gasteiger partial charge >= 0.3 is 0 Å². The number of anilines is 1. The molecule has 1 aromatic carbocycles. The van der Waals surface area contributed by atoms with Crippen LogP contribution in [0.3, 0.4) is 0 Å². The van der Waals surface area contributed by atoms with Crippen molar-refractivity contribution < 1.29 is 14.0 Å². The van der Waals surface area contributed by atoms with E-state index in [0.717, 1.165) is 44.2 Å². The second-order valence-electron chi connectivity index (χ2n) is 7.15. The fraction of sp³-hybridized carbons (Fsp3) is 0.500. The Hall–Kier alpha value is -2.30. The van der Waals surface area contributed by atoms with Gasteiger partial charge in [-0.15, -0.1) is 0 Å². The SMILES string of the molecule is CC(C)CC(=O)Nc1c(C(=O)N2CCCCCC2)oc2ccccc12. The minimum absolute atomic E-state index is 0.0912. The van der Waals surface area contributed by atoms with Crippen molar-refractivity contribution in [2.75, 3.05) is 18.4 Å². The van der Waals surface area contributed by atoms with Crippen LogP contribution < -0.4 is 5.32 Å². The van der Waals surface area contributed by atoms with Crippen LogP contribution in [0.5, 0.6) is 0 Å². The monoisotopic (exact) mass is 342 g/mol. The number of rotatable bonds is 4. The standard InChI is InChI=1S/C20H26N2O3/c1-14(2)13-17(23)21-18-15-9-5-6-10-16(15)25-19(18)20(24)22-11-7-3-4-8-12-22/h5-6,9-10,14H,3-4,7-8,11-13H2,1-2H3,(H,21,23). The first-order chi connectivity index (χ1) is 12.1. The molecule has 2 amide bonds. The number of para-hydroxylation sites is 1. The van der Waals surface area contributed by atoms with Crippen LogP contribution in [-0.4, -0.2) is 29.8 Å². The van der Waals surface area contributed by atoms with E-state index in [1.165, 1.54) is 0 Å². The van der Waals surface area contributed by atoms with Crippen molar-refractivity contribution in [1.29, 1.82) is 0 Å². The zero-order chi connectivity index (χ0) is 17.8. The van der Waals surface area contributed by atoms with E-state index in [0.29, 0.717) is 17.7 Å². The Balaban J connectivity index is 1.94. The van der Waals surface area contributed by atoms with Gasteiger partial charge in [0.15, 0.2) is 0 Å². The van der Waals surface area contributed by atoms with Crippen molar-refractivity contribution in [2.24, 2.45) is 5.92 Å². The Labute approximate surface area is 148 Å². The smallest absolute Gasteiger partial charge is 0.291 e. The van der Waals surface area contributed by atoms with E-state index in [1.54, 1.807) is 0 Å². The first kappa shape index (κ1) is 17.5. The Morgan fingerprint density at radius 3 is 2.48 bits per heavy atom. The molecule has 5 heteroatoms. The van der Waals surface area contributed by atoms with Crippen LogP contribution in [0.15, 0.2) is 28.7 Å². The summed E-state index contributed by atoms with van der Waals surface area (Å²) in [6.07, 6.45) is 4.75. The van der Waals surface area contributed by atoms with Crippen molar-refractivity contribution in [2.45, 2.75) is 46.0 Å². The van der Waals surface area contributed by atoms with E-state index in [1.807, 2.05) is 43.0 Å². The van der Waals surface area contributed by atoms with Crippen LogP contribution in [0.25, 0.3) is 11.0 Å². The average Bonchev–Trinajstić information content (AvgIpc) is 2.75. The summed E-state index contributed by atoms with van der Waals surface area (Å²) in [4.78, 5) is 27.2. The summed E-state index contributed by atoms with van der Waals surface area (Å²) in [6, 6.07) is 7.46. The van der Waals surface area contributed by atoms with Crippen molar-refractivity contribution in [3.05, 3.63) is 30.0 Å². The quantitative estimate of drug-likeness (QED) is 0.894. The molecule has 1 aliphatic rings. The molecule has 0 bridgehead atoms. The van der Waals surface area contributed by atoms with Gasteiger partial charge in [-0.3, -0.25) is 9.59 Å². The average molecular weight is 342 g/mol. The molecule has 134 valence electrons. The van der Waals surface area contributed by atoms with Crippen LogP contribution in [0.4, 0.5) is 5.69 Å². The molecule has 3 rings (SSSR count). The molecular formula is C20H26N2O3.